The average Bonchev–Trinajstić information content (AvgIpc) is 2.39. The zero-order chi connectivity index (χ0) is 15.1. The van der Waals surface area contributed by atoms with Crippen molar-refractivity contribution in [1.29, 1.82) is 0 Å². The lowest BCUT2D eigenvalue weighted by molar-refractivity contribution is -0.136. The van der Waals surface area contributed by atoms with Crippen LogP contribution in [-0.2, 0) is 11.2 Å². The molecule has 20 heavy (non-hydrogen) atoms. The van der Waals surface area contributed by atoms with Crippen LogP contribution < -0.4 is 5.32 Å². The average molecular weight is 317 g/mol. The van der Waals surface area contributed by atoms with Crippen LogP contribution in [0.1, 0.15) is 11.1 Å². The van der Waals surface area contributed by atoms with Gasteiger partial charge in [0.2, 0.25) is 0 Å². The summed E-state index contributed by atoms with van der Waals surface area (Å²) in [5.41, 5.74) is 2.23. The quantitative estimate of drug-likeness (QED) is 0.556. The van der Waals surface area contributed by atoms with E-state index in [4.69, 9.17) is 16.9 Å². The van der Waals surface area contributed by atoms with E-state index in [2.05, 4.69) is 17.9 Å². The second-order valence-electron chi connectivity index (χ2n) is 4.37. The Bertz CT molecular complexity index is 484. The van der Waals surface area contributed by atoms with Gasteiger partial charge in [-0.2, -0.15) is 12.6 Å². The van der Waals surface area contributed by atoms with Crippen molar-refractivity contribution >= 4 is 36.4 Å². The smallest absolute Gasteiger partial charge is 0.332 e. The fourth-order valence-corrected chi connectivity index (χ4v) is 2.07. The minimum absolute atomic E-state index is 0.220. The topological polar surface area (TPSA) is 69.6 Å². The summed E-state index contributed by atoms with van der Waals surface area (Å²) < 4.78 is 0.608. The fraction of sp³-hybridized carbons (Fsp3) is 0.385. The summed E-state index contributed by atoms with van der Waals surface area (Å²) in [6, 6.07) is 6.99. The van der Waals surface area contributed by atoms with E-state index in [9.17, 15) is 9.59 Å². The molecule has 0 aliphatic heterocycles. The van der Waals surface area contributed by atoms with Crippen molar-refractivity contribution in [1.82, 2.24) is 9.74 Å². The Kier molecular flexibility index (Phi) is 6.67. The standard InChI is InChI=1S/C13H17ClN2O3S/c1-9-4-2-3-5-10(9)6-11(8-20)15-13(19)16(14)7-12(17)18/h2-5,11,20H,6-8H2,1H3,(H,15,19)(H,17,18)/t11-/m1/s1. The predicted octanol–water partition coefficient (Wildman–Crippen LogP) is 2.09. The highest BCUT2D eigenvalue weighted by Gasteiger charge is 2.18. The first kappa shape index (κ1) is 16.7. The van der Waals surface area contributed by atoms with Gasteiger partial charge in [0.25, 0.3) is 0 Å². The molecule has 2 N–H and O–H groups in total. The van der Waals surface area contributed by atoms with Gasteiger partial charge in [0.15, 0.2) is 0 Å². The van der Waals surface area contributed by atoms with Gasteiger partial charge in [-0.25, -0.2) is 9.21 Å². The molecule has 0 bridgehead atoms. The minimum Gasteiger partial charge on any atom is -0.480 e. The maximum absolute atomic E-state index is 11.7. The molecule has 0 aliphatic rings. The summed E-state index contributed by atoms with van der Waals surface area (Å²) in [5, 5.41) is 11.2. The molecule has 5 nitrogen and oxygen atoms in total. The Balaban J connectivity index is 2.61. The molecule has 0 saturated heterocycles. The van der Waals surface area contributed by atoms with Crippen LogP contribution in [-0.4, -0.2) is 39.9 Å². The number of rotatable bonds is 6. The molecule has 1 aromatic carbocycles. The Morgan fingerprint density at radius 1 is 1.45 bits per heavy atom. The lowest BCUT2D eigenvalue weighted by Gasteiger charge is -2.20. The highest BCUT2D eigenvalue weighted by Crippen LogP contribution is 2.11. The molecule has 0 saturated carbocycles. The number of aliphatic carboxylic acids is 1. The first-order valence-electron chi connectivity index (χ1n) is 6.05. The number of thiol groups is 1. The van der Waals surface area contributed by atoms with Gasteiger partial charge in [0.05, 0.1) is 0 Å². The zero-order valence-electron chi connectivity index (χ0n) is 11.0. The van der Waals surface area contributed by atoms with Crippen molar-refractivity contribution in [3.8, 4) is 0 Å². The highest BCUT2D eigenvalue weighted by atomic mass is 35.5. The van der Waals surface area contributed by atoms with Crippen LogP contribution in [0.15, 0.2) is 24.3 Å². The third-order valence-corrected chi connectivity index (χ3v) is 3.48. The fourth-order valence-electron chi connectivity index (χ4n) is 1.70. The first-order valence-corrected chi connectivity index (χ1v) is 7.02. The number of benzene rings is 1. The number of aryl methyl sites for hydroxylation is 1. The molecular formula is C13H17ClN2O3S. The van der Waals surface area contributed by atoms with Crippen molar-refractivity contribution in [3.05, 3.63) is 35.4 Å². The number of carboxylic acid groups (broad SMARTS) is 1. The Labute approximate surface area is 128 Å². The molecule has 1 aromatic rings. The van der Waals surface area contributed by atoms with Crippen molar-refractivity contribution in [3.63, 3.8) is 0 Å². The van der Waals surface area contributed by atoms with Crippen molar-refractivity contribution in [2.45, 2.75) is 19.4 Å². The SMILES string of the molecule is Cc1ccccc1C[C@H](CS)NC(=O)N(Cl)CC(=O)O. The van der Waals surface area contributed by atoms with Gasteiger partial charge in [-0.15, -0.1) is 0 Å². The van der Waals surface area contributed by atoms with E-state index in [1.807, 2.05) is 31.2 Å². The van der Waals surface area contributed by atoms with E-state index in [0.29, 0.717) is 16.6 Å². The van der Waals surface area contributed by atoms with Crippen molar-refractivity contribution in [2.24, 2.45) is 0 Å². The first-order chi connectivity index (χ1) is 9.43. The third-order valence-electron chi connectivity index (χ3n) is 2.77. The van der Waals surface area contributed by atoms with Crippen LogP contribution in [0.3, 0.4) is 0 Å². The molecule has 0 aliphatic carbocycles. The summed E-state index contributed by atoms with van der Waals surface area (Å²) in [7, 11) is 0. The van der Waals surface area contributed by atoms with E-state index in [1.165, 1.54) is 0 Å². The number of urea groups is 1. The number of carboxylic acids is 1. The van der Waals surface area contributed by atoms with Crippen LogP contribution in [0.5, 0.6) is 0 Å². The van der Waals surface area contributed by atoms with Gasteiger partial charge in [0.1, 0.15) is 6.54 Å². The zero-order valence-corrected chi connectivity index (χ0v) is 12.7. The van der Waals surface area contributed by atoms with E-state index >= 15 is 0 Å². The largest absolute Gasteiger partial charge is 0.480 e. The van der Waals surface area contributed by atoms with E-state index in [0.717, 1.165) is 11.1 Å². The molecule has 110 valence electrons. The van der Waals surface area contributed by atoms with Crippen LogP contribution >= 0.6 is 24.4 Å². The number of carbonyl (C=O) groups is 2. The molecule has 1 rings (SSSR count). The summed E-state index contributed by atoms with van der Waals surface area (Å²) in [5.74, 6) is -0.741. The molecule has 2 amide bonds. The van der Waals surface area contributed by atoms with Gasteiger partial charge in [0, 0.05) is 23.6 Å². The molecule has 0 radical (unpaired) electrons. The van der Waals surface area contributed by atoms with E-state index in [1.54, 1.807) is 0 Å². The highest BCUT2D eigenvalue weighted by molar-refractivity contribution is 7.80. The van der Waals surface area contributed by atoms with Crippen LogP contribution in [0.2, 0.25) is 0 Å². The second kappa shape index (κ2) is 8.01. The maximum Gasteiger partial charge on any atom is 0.332 e. The lowest BCUT2D eigenvalue weighted by atomic mass is 10.0. The molecule has 0 aromatic heterocycles. The van der Waals surface area contributed by atoms with E-state index in [-0.39, 0.29) is 6.04 Å². The number of amides is 2. The molecule has 0 spiro atoms. The normalized spacial score (nSPS) is 11.8. The number of halogens is 1. The molecule has 0 unspecified atom stereocenters. The summed E-state index contributed by atoms with van der Waals surface area (Å²) >= 11 is 9.78. The van der Waals surface area contributed by atoms with Gasteiger partial charge in [-0.05, 0) is 24.5 Å². The molecule has 0 heterocycles. The van der Waals surface area contributed by atoms with Crippen LogP contribution in [0, 0.1) is 6.92 Å². The molecule has 7 heteroatoms. The van der Waals surface area contributed by atoms with Crippen LogP contribution in [0.25, 0.3) is 0 Å². The number of hydrogen-bond acceptors (Lipinski definition) is 3. The predicted molar refractivity (Wildman–Crippen MR) is 81.3 cm³/mol. The van der Waals surface area contributed by atoms with Crippen LogP contribution in [0.4, 0.5) is 4.79 Å². The Morgan fingerprint density at radius 2 is 2.10 bits per heavy atom. The Hall–Kier alpha value is -1.40. The third kappa shape index (κ3) is 5.30. The summed E-state index contributed by atoms with van der Waals surface area (Å²) in [6.07, 6.45) is 0.611. The molecular weight excluding hydrogens is 300 g/mol. The number of nitrogens with zero attached hydrogens (tertiary/aromatic N) is 1. The molecule has 0 fully saturated rings. The number of hydrogen-bond donors (Lipinski definition) is 3. The van der Waals surface area contributed by atoms with Gasteiger partial charge in [-0.3, -0.25) is 4.79 Å². The summed E-state index contributed by atoms with van der Waals surface area (Å²) in [6.45, 7) is 1.43. The minimum atomic E-state index is -1.17. The number of carbonyl (C=O) groups excluding carboxylic acids is 1. The Morgan fingerprint density at radius 3 is 2.65 bits per heavy atom. The van der Waals surface area contributed by atoms with Gasteiger partial charge < -0.3 is 10.4 Å². The van der Waals surface area contributed by atoms with Crippen molar-refractivity contribution in [2.75, 3.05) is 12.3 Å². The monoisotopic (exact) mass is 316 g/mol. The number of nitrogens with one attached hydrogen (secondary N) is 1. The maximum atomic E-state index is 11.7. The summed E-state index contributed by atoms with van der Waals surface area (Å²) in [4.78, 5) is 22.2. The van der Waals surface area contributed by atoms with Crippen molar-refractivity contribution < 1.29 is 14.7 Å². The van der Waals surface area contributed by atoms with Gasteiger partial charge >= 0.3 is 12.0 Å². The lowest BCUT2D eigenvalue weighted by Crippen LogP contribution is -2.44. The molecule has 1 atom stereocenters. The van der Waals surface area contributed by atoms with E-state index < -0.39 is 18.5 Å². The second-order valence-corrected chi connectivity index (χ2v) is 5.15. The van der Waals surface area contributed by atoms with Gasteiger partial charge in [-0.1, -0.05) is 24.3 Å².